The highest BCUT2D eigenvalue weighted by molar-refractivity contribution is 6.33. The van der Waals surface area contributed by atoms with E-state index in [4.69, 9.17) is 17.3 Å². The molecule has 2 unspecified atom stereocenters. The Balaban J connectivity index is 2.06. The summed E-state index contributed by atoms with van der Waals surface area (Å²) in [7, 11) is 0. The van der Waals surface area contributed by atoms with Crippen LogP contribution >= 0.6 is 11.6 Å². The summed E-state index contributed by atoms with van der Waals surface area (Å²) in [6, 6.07) is 5.54. The van der Waals surface area contributed by atoms with Crippen LogP contribution in [0.5, 0.6) is 0 Å². The molecule has 0 aliphatic heterocycles. The van der Waals surface area contributed by atoms with Gasteiger partial charge in [-0.2, -0.15) is 0 Å². The summed E-state index contributed by atoms with van der Waals surface area (Å²) in [6.45, 7) is 1.95. The lowest BCUT2D eigenvalue weighted by molar-refractivity contribution is -0.118. The van der Waals surface area contributed by atoms with Gasteiger partial charge >= 0.3 is 0 Å². The molecule has 17 heavy (non-hydrogen) atoms. The normalized spacial score (nSPS) is 22.8. The van der Waals surface area contributed by atoms with Crippen molar-refractivity contribution in [2.45, 2.75) is 19.4 Å². The zero-order valence-electron chi connectivity index (χ0n) is 9.61. The van der Waals surface area contributed by atoms with Crippen molar-refractivity contribution in [2.75, 3.05) is 5.32 Å². The highest BCUT2D eigenvalue weighted by Crippen LogP contribution is 2.25. The Morgan fingerprint density at radius 1 is 1.47 bits per heavy atom. The van der Waals surface area contributed by atoms with Crippen molar-refractivity contribution >= 4 is 23.2 Å². The highest BCUT2D eigenvalue weighted by atomic mass is 35.5. The van der Waals surface area contributed by atoms with Gasteiger partial charge in [-0.15, -0.1) is 0 Å². The molecule has 1 amide bonds. The fourth-order valence-corrected chi connectivity index (χ4v) is 2.15. The lowest BCUT2D eigenvalue weighted by Crippen LogP contribution is -2.24. The number of anilines is 1. The second-order valence-corrected chi connectivity index (χ2v) is 4.77. The molecule has 3 nitrogen and oxygen atoms in total. The topological polar surface area (TPSA) is 55.1 Å². The van der Waals surface area contributed by atoms with E-state index < -0.39 is 0 Å². The van der Waals surface area contributed by atoms with Gasteiger partial charge in [-0.05, 0) is 31.0 Å². The molecule has 90 valence electrons. The SMILES string of the molecule is Cc1ccc(NC(=O)C2C=CC(N)C2)c(Cl)c1. The summed E-state index contributed by atoms with van der Waals surface area (Å²) in [6.07, 6.45) is 4.37. The van der Waals surface area contributed by atoms with Crippen LogP contribution in [0.25, 0.3) is 0 Å². The maximum atomic E-state index is 11.9. The summed E-state index contributed by atoms with van der Waals surface area (Å²) in [5.74, 6) is -0.206. The Labute approximate surface area is 106 Å². The summed E-state index contributed by atoms with van der Waals surface area (Å²) in [5, 5.41) is 3.38. The van der Waals surface area contributed by atoms with Crippen molar-refractivity contribution in [1.29, 1.82) is 0 Å². The number of aryl methyl sites for hydroxylation is 1. The van der Waals surface area contributed by atoms with Gasteiger partial charge in [-0.1, -0.05) is 29.8 Å². The molecule has 4 heteroatoms. The van der Waals surface area contributed by atoms with Crippen LogP contribution in [0.3, 0.4) is 0 Å². The molecule has 1 aliphatic rings. The second-order valence-electron chi connectivity index (χ2n) is 4.36. The van der Waals surface area contributed by atoms with Crippen LogP contribution in [0, 0.1) is 12.8 Å². The lowest BCUT2D eigenvalue weighted by Gasteiger charge is -2.12. The van der Waals surface area contributed by atoms with Gasteiger partial charge < -0.3 is 11.1 Å². The van der Waals surface area contributed by atoms with E-state index in [0.29, 0.717) is 17.1 Å². The molecule has 0 heterocycles. The van der Waals surface area contributed by atoms with E-state index in [9.17, 15) is 4.79 Å². The van der Waals surface area contributed by atoms with Gasteiger partial charge in [-0.3, -0.25) is 4.79 Å². The number of carbonyl (C=O) groups is 1. The van der Waals surface area contributed by atoms with Crippen molar-refractivity contribution in [3.05, 3.63) is 40.9 Å². The van der Waals surface area contributed by atoms with Crippen molar-refractivity contribution < 1.29 is 4.79 Å². The molecular weight excluding hydrogens is 236 g/mol. The average molecular weight is 251 g/mol. The highest BCUT2D eigenvalue weighted by Gasteiger charge is 2.23. The van der Waals surface area contributed by atoms with Gasteiger partial charge in [-0.25, -0.2) is 0 Å². The lowest BCUT2D eigenvalue weighted by atomic mass is 10.1. The standard InChI is InChI=1S/C13H15ClN2O/c1-8-2-5-12(11(14)6-8)16-13(17)9-3-4-10(15)7-9/h2-6,9-10H,7,15H2,1H3,(H,16,17). The number of rotatable bonds is 2. The van der Waals surface area contributed by atoms with Gasteiger partial charge in [0, 0.05) is 6.04 Å². The van der Waals surface area contributed by atoms with Gasteiger partial charge in [0.15, 0.2) is 0 Å². The first-order valence-corrected chi connectivity index (χ1v) is 5.95. The molecule has 1 aliphatic carbocycles. The number of hydrogen-bond acceptors (Lipinski definition) is 2. The largest absolute Gasteiger partial charge is 0.324 e. The Morgan fingerprint density at radius 2 is 2.24 bits per heavy atom. The molecular formula is C13H15ClN2O. The quantitative estimate of drug-likeness (QED) is 0.793. The Bertz CT molecular complexity index is 470. The first-order chi connectivity index (χ1) is 8.06. The summed E-state index contributed by atoms with van der Waals surface area (Å²) in [4.78, 5) is 11.9. The molecule has 3 N–H and O–H groups in total. The van der Waals surface area contributed by atoms with Crippen LogP contribution in [0.4, 0.5) is 5.69 Å². The van der Waals surface area contributed by atoms with E-state index in [1.165, 1.54) is 0 Å². The molecule has 1 aromatic rings. The van der Waals surface area contributed by atoms with Crippen LogP contribution in [0.1, 0.15) is 12.0 Å². The predicted octanol–water partition coefficient (Wildman–Crippen LogP) is 2.49. The number of nitrogens with one attached hydrogen (secondary N) is 1. The van der Waals surface area contributed by atoms with Crippen LogP contribution in [0.15, 0.2) is 30.4 Å². The summed E-state index contributed by atoms with van der Waals surface area (Å²) in [5.41, 5.74) is 7.43. The predicted molar refractivity (Wildman–Crippen MR) is 70.0 cm³/mol. The molecule has 0 aromatic heterocycles. The van der Waals surface area contributed by atoms with E-state index in [2.05, 4.69) is 5.32 Å². The molecule has 0 saturated heterocycles. The van der Waals surface area contributed by atoms with Crippen LogP contribution in [-0.2, 0) is 4.79 Å². The Hall–Kier alpha value is -1.32. The monoisotopic (exact) mass is 250 g/mol. The maximum Gasteiger partial charge on any atom is 0.231 e. The number of halogens is 1. The first kappa shape index (κ1) is 12.1. The van der Waals surface area contributed by atoms with Gasteiger partial charge in [0.25, 0.3) is 0 Å². The Kier molecular flexibility index (Phi) is 3.50. The van der Waals surface area contributed by atoms with Crippen LogP contribution < -0.4 is 11.1 Å². The summed E-state index contributed by atoms with van der Waals surface area (Å²) < 4.78 is 0. The summed E-state index contributed by atoms with van der Waals surface area (Å²) >= 11 is 6.05. The smallest absolute Gasteiger partial charge is 0.231 e. The second kappa shape index (κ2) is 4.90. The third-order valence-corrected chi connectivity index (χ3v) is 3.15. The van der Waals surface area contributed by atoms with Gasteiger partial charge in [0.05, 0.1) is 16.6 Å². The minimum atomic E-state index is -0.151. The van der Waals surface area contributed by atoms with E-state index in [1.54, 1.807) is 0 Å². The molecule has 0 radical (unpaired) electrons. The number of hydrogen-bond donors (Lipinski definition) is 2. The first-order valence-electron chi connectivity index (χ1n) is 5.57. The fraction of sp³-hybridized carbons (Fsp3) is 0.308. The van der Waals surface area contributed by atoms with E-state index in [-0.39, 0.29) is 17.9 Å². The Morgan fingerprint density at radius 3 is 2.82 bits per heavy atom. The third kappa shape index (κ3) is 2.87. The number of nitrogens with two attached hydrogens (primary N) is 1. The molecule has 0 spiro atoms. The van der Waals surface area contributed by atoms with Crippen LogP contribution in [0.2, 0.25) is 5.02 Å². The van der Waals surface area contributed by atoms with Crippen molar-refractivity contribution in [1.82, 2.24) is 0 Å². The molecule has 1 aromatic carbocycles. The number of benzene rings is 1. The average Bonchev–Trinajstić information content (AvgIpc) is 2.69. The maximum absolute atomic E-state index is 11.9. The molecule has 0 fully saturated rings. The third-order valence-electron chi connectivity index (χ3n) is 2.84. The van der Waals surface area contributed by atoms with Crippen molar-refractivity contribution in [3.63, 3.8) is 0 Å². The van der Waals surface area contributed by atoms with E-state index in [0.717, 1.165) is 5.56 Å². The molecule has 0 saturated carbocycles. The minimum absolute atomic E-state index is 0.0146. The molecule has 2 rings (SSSR count). The fourth-order valence-electron chi connectivity index (χ4n) is 1.87. The molecule has 2 atom stereocenters. The number of amides is 1. The number of carbonyl (C=O) groups excluding carboxylic acids is 1. The molecule has 0 bridgehead atoms. The van der Waals surface area contributed by atoms with E-state index in [1.807, 2.05) is 37.3 Å². The zero-order chi connectivity index (χ0) is 12.4. The van der Waals surface area contributed by atoms with Gasteiger partial charge in [0.2, 0.25) is 5.91 Å². The van der Waals surface area contributed by atoms with Gasteiger partial charge in [0.1, 0.15) is 0 Å². The van der Waals surface area contributed by atoms with Crippen LogP contribution in [-0.4, -0.2) is 11.9 Å². The van der Waals surface area contributed by atoms with Crippen molar-refractivity contribution in [2.24, 2.45) is 11.7 Å². The van der Waals surface area contributed by atoms with Crippen molar-refractivity contribution in [3.8, 4) is 0 Å². The zero-order valence-corrected chi connectivity index (χ0v) is 10.4. The van der Waals surface area contributed by atoms with E-state index >= 15 is 0 Å². The minimum Gasteiger partial charge on any atom is -0.324 e.